The van der Waals surface area contributed by atoms with Crippen LogP contribution in [0, 0.1) is 13.8 Å². The Labute approximate surface area is 101 Å². The van der Waals surface area contributed by atoms with E-state index in [0.29, 0.717) is 0 Å². The van der Waals surface area contributed by atoms with Gasteiger partial charge in [-0.05, 0) is 43.9 Å². The van der Waals surface area contributed by atoms with Crippen molar-refractivity contribution in [3.63, 3.8) is 0 Å². The van der Waals surface area contributed by atoms with Crippen LogP contribution >= 0.6 is 0 Å². The molecular formula is C14H19NO2. The number of hydrogen-bond acceptors (Lipinski definition) is 2. The lowest BCUT2D eigenvalue weighted by Crippen LogP contribution is -1.92. The van der Waals surface area contributed by atoms with Crippen LogP contribution in [0.25, 0.3) is 10.9 Å². The number of ether oxygens (including phenoxy) is 1. The Balaban J connectivity index is 2.63. The predicted molar refractivity (Wildman–Crippen MR) is 69.7 cm³/mol. The van der Waals surface area contributed by atoms with Crippen molar-refractivity contribution in [1.29, 1.82) is 0 Å². The van der Waals surface area contributed by atoms with Crippen LogP contribution in [-0.4, -0.2) is 23.8 Å². The molecule has 0 amide bonds. The highest BCUT2D eigenvalue weighted by molar-refractivity contribution is 5.92. The lowest BCUT2D eigenvalue weighted by molar-refractivity contribution is 0.288. The normalized spacial score (nSPS) is 11.1. The van der Waals surface area contributed by atoms with E-state index >= 15 is 0 Å². The van der Waals surface area contributed by atoms with E-state index in [1.54, 1.807) is 7.11 Å². The van der Waals surface area contributed by atoms with Crippen molar-refractivity contribution in [2.45, 2.75) is 26.7 Å². The van der Waals surface area contributed by atoms with Crippen molar-refractivity contribution >= 4 is 10.9 Å². The first-order chi connectivity index (χ1) is 8.19. The van der Waals surface area contributed by atoms with Crippen molar-refractivity contribution in [2.75, 3.05) is 13.7 Å². The molecule has 0 saturated carbocycles. The number of methoxy groups -OCH3 is 1. The summed E-state index contributed by atoms with van der Waals surface area (Å²) < 4.78 is 5.37. The molecule has 0 aliphatic heterocycles. The van der Waals surface area contributed by atoms with Gasteiger partial charge in [-0.2, -0.15) is 0 Å². The number of aliphatic hydroxyl groups excluding tert-OH is 1. The van der Waals surface area contributed by atoms with Gasteiger partial charge < -0.3 is 14.8 Å². The van der Waals surface area contributed by atoms with E-state index in [-0.39, 0.29) is 6.61 Å². The molecule has 0 atom stereocenters. The SMILES string of the molecule is COc1ccc(C)c2c(CCCO)c(C)[nH]c12. The summed E-state index contributed by atoms with van der Waals surface area (Å²) in [4.78, 5) is 3.39. The van der Waals surface area contributed by atoms with Crippen molar-refractivity contribution < 1.29 is 9.84 Å². The van der Waals surface area contributed by atoms with Crippen LogP contribution < -0.4 is 4.74 Å². The quantitative estimate of drug-likeness (QED) is 0.852. The smallest absolute Gasteiger partial charge is 0.142 e. The fourth-order valence-corrected chi connectivity index (χ4v) is 2.39. The molecule has 0 saturated heterocycles. The zero-order valence-corrected chi connectivity index (χ0v) is 10.6. The number of aromatic nitrogens is 1. The minimum absolute atomic E-state index is 0.231. The Hall–Kier alpha value is -1.48. The minimum Gasteiger partial charge on any atom is -0.495 e. The maximum absolute atomic E-state index is 8.96. The number of aromatic amines is 1. The molecule has 0 aliphatic carbocycles. The number of fused-ring (bicyclic) bond motifs is 1. The van der Waals surface area contributed by atoms with Crippen LogP contribution in [0.5, 0.6) is 5.75 Å². The Morgan fingerprint density at radius 1 is 1.29 bits per heavy atom. The van der Waals surface area contributed by atoms with Gasteiger partial charge in [0, 0.05) is 17.7 Å². The van der Waals surface area contributed by atoms with Gasteiger partial charge in [-0.15, -0.1) is 0 Å². The average molecular weight is 233 g/mol. The van der Waals surface area contributed by atoms with Gasteiger partial charge in [0.2, 0.25) is 0 Å². The zero-order valence-electron chi connectivity index (χ0n) is 10.6. The van der Waals surface area contributed by atoms with Crippen molar-refractivity contribution in [1.82, 2.24) is 4.98 Å². The monoisotopic (exact) mass is 233 g/mol. The topological polar surface area (TPSA) is 45.2 Å². The molecule has 1 aromatic heterocycles. The van der Waals surface area contributed by atoms with Crippen molar-refractivity contribution in [3.05, 3.63) is 29.0 Å². The molecule has 0 spiro atoms. The van der Waals surface area contributed by atoms with Gasteiger partial charge in [0.25, 0.3) is 0 Å². The lowest BCUT2D eigenvalue weighted by Gasteiger charge is -2.05. The third-order valence-corrected chi connectivity index (χ3v) is 3.25. The van der Waals surface area contributed by atoms with Gasteiger partial charge in [-0.25, -0.2) is 0 Å². The van der Waals surface area contributed by atoms with E-state index in [1.165, 1.54) is 22.2 Å². The largest absolute Gasteiger partial charge is 0.495 e. The standard InChI is InChI=1S/C14H19NO2/c1-9-6-7-12(17-3)14-13(9)11(5-4-8-16)10(2)15-14/h6-7,15-16H,4-5,8H2,1-3H3. The van der Waals surface area contributed by atoms with Gasteiger partial charge in [0.1, 0.15) is 5.75 Å². The number of nitrogens with one attached hydrogen (secondary N) is 1. The van der Waals surface area contributed by atoms with Crippen LogP contribution in [-0.2, 0) is 6.42 Å². The number of aliphatic hydroxyl groups is 1. The van der Waals surface area contributed by atoms with Crippen LogP contribution in [0.1, 0.15) is 23.2 Å². The number of rotatable bonds is 4. The lowest BCUT2D eigenvalue weighted by atomic mass is 10.0. The summed E-state index contributed by atoms with van der Waals surface area (Å²) in [6, 6.07) is 4.07. The van der Waals surface area contributed by atoms with E-state index in [9.17, 15) is 0 Å². The number of hydrogen-bond donors (Lipinski definition) is 2. The Kier molecular flexibility index (Phi) is 3.38. The second kappa shape index (κ2) is 4.80. The summed E-state index contributed by atoms with van der Waals surface area (Å²) in [6.45, 7) is 4.41. The third kappa shape index (κ3) is 2.03. The fourth-order valence-electron chi connectivity index (χ4n) is 2.39. The molecule has 2 N–H and O–H groups in total. The van der Waals surface area contributed by atoms with Crippen molar-refractivity contribution in [3.8, 4) is 5.75 Å². The van der Waals surface area contributed by atoms with Crippen LogP contribution in [0.4, 0.5) is 0 Å². The molecule has 3 heteroatoms. The van der Waals surface area contributed by atoms with E-state index in [1.807, 2.05) is 6.07 Å². The molecule has 1 heterocycles. The summed E-state index contributed by atoms with van der Waals surface area (Å²) in [6.07, 6.45) is 1.70. The zero-order chi connectivity index (χ0) is 12.4. The number of aryl methyl sites for hydroxylation is 3. The molecule has 0 fully saturated rings. The molecule has 92 valence electrons. The molecule has 2 rings (SSSR count). The van der Waals surface area contributed by atoms with Crippen LogP contribution in [0.2, 0.25) is 0 Å². The van der Waals surface area contributed by atoms with Gasteiger partial charge in [-0.3, -0.25) is 0 Å². The van der Waals surface area contributed by atoms with Crippen LogP contribution in [0.3, 0.4) is 0 Å². The van der Waals surface area contributed by atoms with E-state index in [0.717, 1.165) is 24.1 Å². The van der Waals surface area contributed by atoms with Gasteiger partial charge in [0.15, 0.2) is 0 Å². The summed E-state index contributed by atoms with van der Waals surface area (Å²) >= 11 is 0. The fraction of sp³-hybridized carbons (Fsp3) is 0.429. The summed E-state index contributed by atoms with van der Waals surface area (Å²) in [5.41, 5.74) is 4.78. The Morgan fingerprint density at radius 3 is 2.71 bits per heavy atom. The highest BCUT2D eigenvalue weighted by Gasteiger charge is 2.13. The second-order valence-corrected chi connectivity index (χ2v) is 4.39. The first kappa shape index (κ1) is 12.0. The highest BCUT2D eigenvalue weighted by Crippen LogP contribution is 2.32. The average Bonchev–Trinajstić information content (AvgIpc) is 2.65. The molecule has 17 heavy (non-hydrogen) atoms. The van der Waals surface area contributed by atoms with Gasteiger partial charge in [-0.1, -0.05) is 6.07 Å². The van der Waals surface area contributed by atoms with Crippen LogP contribution in [0.15, 0.2) is 12.1 Å². The highest BCUT2D eigenvalue weighted by atomic mass is 16.5. The summed E-state index contributed by atoms with van der Waals surface area (Å²) in [5.74, 6) is 0.879. The second-order valence-electron chi connectivity index (χ2n) is 4.39. The molecule has 0 unspecified atom stereocenters. The maximum Gasteiger partial charge on any atom is 0.142 e. The molecule has 1 aromatic carbocycles. The minimum atomic E-state index is 0.231. The molecule has 3 nitrogen and oxygen atoms in total. The van der Waals surface area contributed by atoms with Crippen molar-refractivity contribution in [2.24, 2.45) is 0 Å². The molecule has 0 bridgehead atoms. The molecular weight excluding hydrogens is 214 g/mol. The first-order valence-electron chi connectivity index (χ1n) is 5.94. The van der Waals surface area contributed by atoms with E-state index < -0.39 is 0 Å². The van der Waals surface area contributed by atoms with E-state index in [4.69, 9.17) is 9.84 Å². The first-order valence-corrected chi connectivity index (χ1v) is 5.94. The summed E-state index contributed by atoms with van der Waals surface area (Å²) in [5, 5.41) is 10.2. The molecule has 0 radical (unpaired) electrons. The summed E-state index contributed by atoms with van der Waals surface area (Å²) in [7, 11) is 1.69. The molecule has 0 aliphatic rings. The van der Waals surface area contributed by atoms with E-state index in [2.05, 4.69) is 24.9 Å². The number of benzene rings is 1. The third-order valence-electron chi connectivity index (χ3n) is 3.25. The Bertz CT molecular complexity index is 528. The number of H-pyrrole nitrogens is 1. The maximum atomic E-state index is 8.96. The Morgan fingerprint density at radius 2 is 2.06 bits per heavy atom. The van der Waals surface area contributed by atoms with Gasteiger partial charge >= 0.3 is 0 Å². The van der Waals surface area contributed by atoms with Gasteiger partial charge in [0.05, 0.1) is 12.6 Å². The molecule has 2 aromatic rings. The predicted octanol–water partition coefficient (Wildman–Crippen LogP) is 2.72.